The minimum atomic E-state index is 0.535. The highest BCUT2D eigenvalue weighted by molar-refractivity contribution is 5.70. The first kappa shape index (κ1) is 14.7. The van der Waals surface area contributed by atoms with Crippen molar-refractivity contribution in [2.45, 2.75) is 40.7 Å². The highest BCUT2D eigenvalue weighted by Gasteiger charge is 2.00. The van der Waals surface area contributed by atoms with Gasteiger partial charge in [0.05, 0.1) is 0 Å². The third kappa shape index (κ3) is 4.11. The molecule has 2 N–H and O–H groups in total. The third-order valence-electron chi connectivity index (χ3n) is 3.33. The molecular weight excluding hydrogens is 220 g/mol. The van der Waals surface area contributed by atoms with Crippen LogP contribution in [0.3, 0.4) is 0 Å². The fourth-order valence-corrected chi connectivity index (χ4v) is 1.54. The number of hydrogen-bond acceptors (Lipinski definition) is 2. The number of allylic oxidation sites excluding steroid dienone is 2. The molecule has 1 rings (SSSR count). The molecule has 1 aromatic carbocycles. The molecule has 2 nitrogen and oxygen atoms in total. The average Bonchev–Trinajstić information content (AvgIpc) is 2.43. The standard InChI is InChI=1S/C16H24N2/c1-5-12(2)11-18-14(4)13(3)16-8-6-15(10-17)7-9-16/h6-9,11-12H,5,10,17H2,1-4H3/b14-13+,18-11?. The van der Waals surface area contributed by atoms with Crippen LogP contribution in [0.5, 0.6) is 0 Å². The quantitative estimate of drug-likeness (QED) is 0.781. The molecule has 1 unspecified atom stereocenters. The molecule has 0 aliphatic carbocycles. The predicted molar refractivity (Wildman–Crippen MR) is 80.5 cm³/mol. The Morgan fingerprint density at radius 1 is 1.28 bits per heavy atom. The summed E-state index contributed by atoms with van der Waals surface area (Å²) in [7, 11) is 0. The Hall–Kier alpha value is -1.41. The molecule has 2 heteroatoms. The van der Waals surface area contributed by atoms with Gasteiger partial charge in [-0.1, -0.05) is 38.1 Å². The highest BCUT2D eigenvalue weighted by atomic mass is 14.7. The summed E-state index contributed by atoms with van der Waals surface area (Å²) in [4.78, 5) is 4.54. The zero-order valence-corrected chi connectivity index (χ0v) is 11.9. The van der Waals surface area contributed by atoms with Crippen molar-refractivity contribution in [1.29, 1.82) is 0 Å². The van der Waals surface area contributed by atoms with Gasteiger partial charge in [0.2, 0.25) is 0 Å². The Bertz CT molecular complexity index is 427. The summed E-state index contributed by atoms with van der Waals surface area (Å²) in [5.41, 5.74) is 10.3. The van der Waals surface area contributed by atoms with Gasteiger partial charge in [-0.3, -0.25) is 4.99 Å². The summed E-state index contributed by atoms with van der Waals surface area (Å²) >= 11 is 0. The lowest BCUT2D eigenvalue weighted by molar-refractivity contribution is 0.753. The van der Waals surface area contributed by atoms with Crippen LogP contribution < -0.4 is 5.73 Å². The molecule has 0 spiro atoms. The summed E-state index contributed by atoms with van der Waals surface area (Å²) in [6, 6.07) is 8.37. The Kier molecular flexibility index (Phi) is 5.79. The van der Waals surface area contributed by atoms with E-state index in [0.29, 0.717) is 12.5 Å². The summed E-state index contributed by atoms with van der Waals surface area (Å²) in [6.45, 7) is 9.12. The van der Waals surface area contributed by atoms with Crippen LogP contribution in [0, 0.1) is 5.92 Å². The van der Waals surface area contributed by atoms with Crippen molar-refractivity contribution in [1.82, 2.24) is 0 Å². The second-order valence-electron chi connectivity index (χ2n) is 4.78. The highest BCUT2D eigenvalue weighted by Crippen LogP contribution is 2.19. The largest absolute Gasteiger partial charge is 0.326 e. The van der Waals surface area contributed by atoms with E-state index in [-0.39, 0.29) is 0 Å². The number of aliphatic imine (C=N–C) groups is 1. The Balaban J connectivity index is 2.88. The van der Waals surface area contributed by atoms with Gasteiger partial charge in [0.15, 0.2) is 0 Å². The Morgan fingerprint density at radius 2 is 1.89 bits per heavy atom. The first-order chi connectivity index (χ1) is 8.58. The molecule has 0 radical (unpaired) electrons. The zero-order chi connectivity index (χ0) is 13.5. The van der Waals surface area contributed by atoms with Crippen LogP contribution in [0.4, 0.5) is 0 Å². The lowest BCUT2D eigenvalue weighted by Crippen LogP contribution is -1.96. The predicted octanol–water partition coefficient (Wildman–Crippen LogP) is 4.01. The molecule has 18 heavy (non-hydrogen) atoms. The van der Waals surface area contributed by atoms with E-state index in [1.165, 1.54) is 11.1 Å². The molecular formula is C16H24N2. The molecule has 0 fully saturated rings. The lowest BCUT2D eigenvalue weighted by Gasteiger charge is -2.06. The number of rotatable bonds is 5. The smallest absolute Gasteiger partial charge is 0.0403 e. The van der Waals surface area contributed by atoms with Crippen molar-refractivity contribution < 1.29 is 0 Å². The van der Waals surface area contributed by atoms with Crippen molar-refractivity contribution in [2.75, 3.05) is 0 Å². The van der Waals surface area contributed by atoms with Crippen molar-refractivity contribution in [3.63, 3.8) is 0 Å². The van der Waals surface area contributed by atoms with Gasteiger partial charge < -0.3 is 5.73 Å². The van der Waals surface area contributed by atoms with Crippen LogP contribution >= 0.6 is 0 Å². The number of nitrogens with zero attached hydrogens (tertiary/aromatic N) is 1. The maximum Gasteiger partial charge on any atom is 0.0403 e. The molecule has 0 saturated carbocycles. The lowest BCUT2D eigenvalue weighted by atomic mass is 10.0. The first-order valence-electron chi connectivity index (χ1n) is 6.59. The van der Waals surface area contributed by atoms with E-state index in [9.17, 15) is 0 Å². The van der Waals surface area contributed by atoms with Gasteiger partial charge in [0.25, 0.3) is 0 Å². The second-order valence-corrected chi connectivity index (χ2v) is 4.78. The maximum atomic E-state index is 5.60. The summed E-state index contributed by atoms with van der Waals surface area (Å²) < 4.78 is 0. The van der Waals surface area contributed by atoms with Gasteiger partial charge in [-0.2, -0.15) is 0 Å². The fourth-order valence-electron chi connectivity index (χ4n) is 1.54. The van der Waals surface area contributed by atoms with E-state index in [2.05, 4.69) is 57.0 Å². The Morgan fingerprint density at radius 3 is 2.39 bits per heavy atom. The number of hydrogen-bond donors (Lipinski definition) is 1. The molecule has 0 bridgehead atoms. The molecule has 0 heterocycles. The molecule has 0 aliphatic rings. The van der Waals surface area contributed by atoms with E-state index < -0.39 is 0 Å². The van der Waals surface area contributed by atoms with Crippen molar-refractivity contribution in [3.05, 3.63) is 41.1 Å². The van der Waals surface area contributed by atoms with E-state index in [4.69, 9.17) is 5.73 Å². The fraction of sp³-hybridized carbons (Fsp3) is 0.438. The minimum absolute atomic E-state index is 0.535. The molecule has 0 amide bonds. The number of nitrogens with two attached hydrogens (primary N) is 1. The van der Waals surface area contributed by atoms with Gasteiger partial charge >= 0.3 is 0 Å². The zero-order valence-electron chi connectivity index (χ0n) is 11.9. The molecule has 1 aromatic rings. The topological polar surface area (TPSA) is 38.4 Å². The summed E-state index contributed by atoms with van der Waals surface area (Å²) in [5, 5.41) is 0. The van der Waals surface area contributed by atoms with Gasteiger partial charge in [0, 0.05) is 18.5 Å². The first-order valence-corrected chi connectivity index (χ1v) is 6.59. The van der Waals surface area contributed by atoms with Crippen LogP contribution in [0.2, 0.25) is 0 Å². The van der Waals surface area contributed by atoms with Gasteiger partial charge in [-0.05, 0) is 42.9 Å². The van der Waals surface area contributed by atoms with E-state index in [0.717, 1.165) is 17.7 Å². The van der Waals surface area contributed by atoms with Crippen LogP contribution in [0.25, 0.3) is 5.57 Å². The van der Waals surface area contributed by atoms with Crippen LogP contribution in [-0.2, 0) is 6.54 Å². The van der Waals surface area contributed by atoms with Gasteiger partial charge in [-0.15, -0.1) is 0 Å². The van der Waals surface area contributed by atoms with Crippen molar-refractivity contribution >= 4 is 11.8 Å². The van der Waals surface area contributed by atoms with Gasteiger partial charge in [-0.25, -0.2) is 0 Å². The summed E-state index contributed by atoms with van der Waals surface area (Å²) in [6.07, 6.45) is 3.16. The average molecular weight is 244 g/mol. The normalized spacial score (nSPS) is 14.7. The molecule has 0 saturated heterocycles. The van der Waals surface area contributed by atoms with Crippen molar-refractivity contribution in [2.24, 2.45) is 16.6 Å². The minimum Gasteiger partial charge on any atom is -0.326 e. The Labute approximate surface area is 111 Å². The third-order valence-corrected chi connectivity index (χ3v) is 3.33. The van der Waals surface area contributed by atoms with Crippen LogP contribution in [0.15, 0.2) is 35.0 Å². The molecule has 0 aliphatic heterocycles. The molecule has 1 atom stereocenters. The van der Waals surface area contributed by atoms with Gasteiger partial charge in [0.1, 0.15) is 0 Å². The van der Waals surface area contributed by atoms with Crippen LogP contribution in [-0.4, -0.2) is 6.21 Å². The van der Waals surface area contributed by atoms with E-state index in [1.54, 1.807) is 0 Å². The van der Waals surface area contributed by atoms with Crippen LogP contribution in [0.1, 0.15) is 45.2 Å². The molecule has 0 aromatic heterocycles. The van der Waals surface area contributed by atoms with E-state index in [1.807, 2.05) is 6.21 Å². The molecule has 98 valence electrons. The second kappa shape index (κ2) is 7.12. The number of benzene rings is 1. The van der Waals surface area contributed by atoms with Crippen molar-refractivity contribution in [3.8, 4) is 0 Å². The SMILES string of the molecule is CCC(C)C=N/C(C)=C(\C)c1ccc(CN)cc1. The van der Waals surface area contributed by atoms with E-state index >= 15 is 0 Å². The maximum absolute atomic E-state index is 5.60. The monoisotopic (exact) mass is 244 g/mol. The summed E-state index contributed by atoms with van der Waals surface area (Å²) in [5.74, 6) is 0.535.